The molecule has 0 spiro atoms. The van der Waals surface area contributed by atoms with Crippen molar-refractivity contribution in [3.05, 3.63) is 16.2 Å². The van der Waals surface area contributed by atoms with E-state index in [1.165, 1.54) is 0 Å². The SMILES string of the molecule is CC(Cc1nc2nc(N)[nH]c(=O)c2[nH]1)C(C)(C)C. The Morgan fingerprint density at radius 2 is 1.94 bits per heavy atom. The lowest BCUT2D eigenvalue weighted by Crippen LogP contribution is -2.19. The van der Waals surface area contributed by atoms with Crippen molar-refractivity contribution in [2.24, 2.45) is 11.3 Å². The van der Waals surface area contributed by atoms with E-state index in [1.807, 2.05) is 0 Å². The molecule has 4 N–H and O–H groups in total. The van der Waals surface area contributed by atoms with Crippen LogP contribution >= 0.6 is 0 Å². The molecule has 0 amide bonds. The van der Waals surface area contributed by atoms with E-state index >= 15 is 0 Å². The predicted molar refractivity (Wildman–Crippen MR) is 71.2 cm³/mol. The number of hydrogen-bond acceptors (Lipinski definition) is 4. The smallest absolute Gasteiger partial charge is 0.278 e. The normalized spacial score (nSPS) is 14.0. The van der Waals surface area contributed by atoms with E-state index in [1.54, 1.807) is 0 Å². The zero-order valence-corrected chi connectivity index (χ0v) is 11.2. The largest absolute Gasteiger partial charge is 0.369 e. The van der Waals surface area contributed by atoms with Gasteiger partial charge in [0.05, 0.1) is 0 Å². The third-order valence-electron chi connectivity index (χ3n) is 3.41. The Hall–Kier alpha value is -1.85. The lowest BCUT2D eigenvalue weighted by molar-refractivity contribution is 0.257. The summed E-state index contributed by atoms with van der Waals surface area (Å²) < 4.78 is 0. The molecule has 1 unspecified atom stereocenters. The lowest BCUT2D eigenvalue weighted by Gasteiger charge is -2.26. The molecule has 1 atom stereocenters. The molecule has 0 aliphatic carbocycles. The molecule has 2 rings (SSSR count). The number of nitrogens with two attached hydrogens (primary N) is 1. The number of imidazole rings is 1. The second-order valence-electron chi connectivity index (χ2n) is 5.80. The molecule has 18 heavy (non-hydrogen) atoms. The van der Waals surface area contributed by atoms with Crippen LogP contribution in [0.1, 0.15) is 33.5 Å². The van der Waals surface area contributed by atoms with Crippen LogP contribution in [0.5, 0.6) is 0 Å². The standard InChI is InChI=1S/C12H19N5O/c1-6(12(2,3)4)5-7-14-8-9(15-7)16-11(13)17-10(8)18/h6H,5H2,1-4H3,(H4,13,14,15,16,17,18). The highest BCUT2D eigenvalue weighted by atomic mass is 16.1. The molecule has 6 nitrogen and oxygen atoms in total. The number of nitrogen functional groups attached to an aromatic ring is 1. The first-order valence-electron chi connectivity index (χ1n) is 6.02. The molecule has 0 radical (unpaired) electrons. The van der Waals surface area contributed by atoms with Gasteiger partial charge in [-0.1, -0.05) is 27.7 Å². The molecule has 2 aromatic rings. The summed E-state index contributed by atoms with van der Waals surface area (Å²) in [4.78, 5) is 25.4. The average Bonchev–Trinajstić information content (AvgIpc) is 2.58. The lowest BCUT2D eigenvalue weighted by atomic mass is 9.80. The minimum Gasteiger partial charge on any atom is -0.369 e. The predicted octanol–water partition coefficient (Wildman–Crippen LogP) is 1.45. The van der Waals surface area contributed by atoms with Crippen LogP contribution in [0.15, 0.2) is 4.79 Å². The van der Waals surface area contributed by atoms with Crippen LogP contribution in [-0.4, -0.2) is 19.9 Å². The number of H-pyrrole nitrogens is 2. The summed E-state index contributed by atoms with van der Waals surface area (Å²) in [5.41, 5.74) is 6.17. The second kappa shape index (κ2) is 4.12. The molecule has 0 bridgehead atoms. The van der Waals surface area contributed by atoms with Gasteiger partial charge < -0.3 is 10.7 Å². The van der Waals surface area contributed by atoms with Crippen LogP contribution in [0.3, 0.4) is 0 Å². The van der Waals surface area contributed by atoms with Crippen molar-refractivity contribution >= 4 is 17.1 Å². The van der Waals surface area contributed by atoms with E-state index in [4.69, 9.17) is 5.73 Å². The summed E-state index contributed by atoms with van der Waals surface area (Å²) in [6, 6.07) is 0. The first-order valence-corrected chi connectivity index (χ1v) is 6.02. The molecule has 2 heterocycles. The number of anilines is 1. The third kappa shape index (κ3) is 2.37. The molecule has 98 valence electrons. The number of aromatic nitrogens is 4. The number of aromatic amines is 2. The minimum atomic E-state index is -0.278. The molecule has 0 aliphatic rings. The quantitative estimate of drug-likeness (QED) is 0.749. The Balaban J connectivity index is 2.37. The number of rotatable bonds is 2. The maximum Gasteiger partial charge on any atom is 0.278 e. The van der Waals surface area contributed by atoms with Crippen molar-refractivity contribution in [1.82, 2.24) is 19.9 Å². The second-order valence-corrected chi connectivity index (χ2v) is 5.80. The van der Waals surface area contributed by atoms with Gasteiger partial charge in [-0.25, -0.2) is 4.98 Å². The number of nitrogens with zero attached hydrogens (tertiary/aromatic N) is 2. The van der Waals surface area contributed by atoms with E-state index in [-0.39, 0.29) is 16.9 Å². The zero-order valence-electron chi connectivity index (χ0n) is 11.2. The van der Waals surface area contributed by atoms with Crippen LogP contribution in [0.25, 0.3) is 11.2 Å². The highest BCUT2D eigenvalue weighted by Crippen LogP contribution is 2.27. The van der Waals surface area contributed by atoms with E-state index in [0.29, 0.717) is 17.1 Å². The maximum absolute atomic E-state index is 11.6. The van der Waals surface area contributed by atoms with Crippen LogP contribution in [0.2, 0.25) is 0 Å². The van der Waals surface area contributed by atoms with Crippen LogP contribution in [-0.2, 0) is 6.42 Å². The van der Waals surface area contributed by atoms with Gasteiger partial charge in [0.2, 0.25) is 5.95 Å². The van der Waals surface area contributed by atoms with Crippen molar-refractivity contribution in [2.45, 2.75) is 34.1 Å². The summed E-state index contributed by atoms with van der Waals surface area (Å²) in [5, 5.41) is 0. The van der Waals surface area contributed by atoms with Crippen molar-refractivity contribution in [3.8, 4) is 0 Å². The first kappa shape index (κ1) is 12.6. The first-order chi connectivity index (χ1) is 8.27. The molecular weight excluding hydrogens is 230 g/mol. The Morgan fingerprint density at radius 1 is 1.28 bits per heavy atom. The summed E-state index contributed by atoms with van der Waals surface area (Å²) in [7, 11) is 0. The molecule has 0 fully saturated rings. The zero-order chi connectivity index (χ0) is 13.5. The Morgan fingerprint density at radius 3 is 2.56 bits per heavy atom. The molecule has 6 heteroatoms. The summed E-state index contributed by atoms with van der Waals surface area (Å²) in [5.74, 6) is 1.31. The van der Waals surface area contributed by atoms with E-state index in [2.05, 4.69) is 47.6 Å². The fourth-order valence-electron chi connectivity index (χ4n) is 1.66. The minimum absolute atomic E-state index is 0.0921. The number of fused-ring (bicyclic) bond motifs is 1. The fourth-order valence-corrected chi connectivity index (χ4v) is 1.66. The monoisotopic (exact) mass is 249 g/mol. The van der Waals surface area contributed by atoms with Crippen molar-refractivity contribution in [1.29, 1.82) is 0 Å². The van der Waals surface area contributed by atoms with Gasteiger partial charge in [-0.3, -0.25) is 9.78 Å². The molecule has 2 aromatic heterocycles. The van der Waals surface area contributed by atoms with Gasteiger partial charge in [-0.15, -0.1) is 0 Å². The summed E-state index contributed by atoms with van der Waals surface area (Å²) in [6.45, 7) is 8.72. The van der Waals surface area contributed by atoms with Gasteiger partial charge in [0.1, 0.15) is 5.82 Å². The topological polar surface area (TPSA) is 100 Å². The molecular formula is C12H19N5O. The molecule has 0 saturated heterocycles. The Bertz CT molecular complexity index is 619. The van der Waals surface area contributed by atoms with Gasteiger partial charge in [0, 0.05) is 6.42 Å². The van der Waals surface area contributed by atoms with Crippen LogP contribution < -0.4 is 11.3 Å². The molecule has 0 aliphatic heterocycles. The van der Waals surface area contributed by atoms with E-state index in [0.717, 1.165) is 12.2 Å². The van der Waals surface area contributed by atoms with Crippen LogP contribution in [0.4, 0.5) is 5.95 Å². The van der Waals surface area contributed by atoms with Crippen molar-refractivity contribution < 1.29 is 0 Å². The van der Waals surface area contributed by atoms with E-state index < -0.39 is 0 Å². The van der Waals surface area contributed by atoms with E-state index in [9.17, 15) is 4.79 Å². The third-order valence-corrected chi connectivity index (χ3v) is 3.41. The molecule has 0 saturated carbocycles. The van der Waals surface area contributed by atoms with Crippen molar-refractivity contribution in [2.75, 3.05) is 5.73 Å². The van der Waals surface area contributed by atoms with Gasteiger partial charge >= 0.3 is 0 Å². The average molecular weight is 249 g/mol. The van der Waals surface area contributed by atoms with Crippen LogP contribution in [0, 0.1) is 11.3 Å². The maximum atomic E-state index is 11.6. The molecule has 0 aromatic carbocycles. The van der Waals surface area contributed by atoms with Gasteiger partial charge in [-0.05, 0) is 11.3 Å². The number of nitrogens with one attached hydrogen (secondary N) is 2. The Kier molecular flexibility index (Phi) is 2.88. The van der Waals surface area contributed by atoms with Gasteiger partial charge in [0.15, 0.2) is 11.2 Å². The van der Waals surface area contributed by atoms with Crippen molar-refractivity contribution in [3.63, 3.8) is 0 Å². The van der Waals surface area contributed by atoms with Gasteiger partial charge in [-0.2, -0.15) is 4.98 Å². The van der Waals surface area contributed by atoms with Gasteiger partial charge in [0.25, 0.3) is 5.56 Å². The summed E-state index contributed by atoms with van der Waals surface area (Å²) in [6.07, 6.45) is 0.777. The highest BCUT2D eigenvalue weighted by molar-refractivity contribution is 5.70. The highest BCUT2D eigenvalue weighted by Gasteiger charge is 2.22. The Labute approximate surface area is 105 Å². The number of hydrogen-bond donors (Lipinski definition) is 3. The summed E-state index contributed by atoms with van der Waals surface area (Å²) >= 11 is 0. The fraction of sp³-hybridized carbons (Fsp3) is 0.583.